The van der Waals surface area contributed by atoms with Gasteiger partial charge in [-0.05, 0) is 31.6 Å². The molecule has 5 rings (SSSR count). The third kappa shape index (κ3) is 3.33. The van der Waals surface area contributed by atoms with Gasteiger partial charge in [-0.15, -0.1) is 23.1 Å². The molecule has 0 radical (unpaired) electrons. The summed E-state index contributed by atoms with van der Waals surface area (Å²) in [7, 11) is 0. The van der Waals surface area contributed by atoms with Crippen LogP contribution in [0.5, 0.6) is 0 Å². The van der Waals surface area contributed by atoms with Crippen LogP contribution in [-0.2, 0) is 17.8 Å². The normalized spacial score (nSPS) is 15.7. The van der Waals surface area contributed by atoms with E-state index in [1.807, 2.05) is 17.8 Å². The van der Waals surface area contributed by atoms with Crippen LogP contribution >= 0.6 is 23.1 Å². The van der Waals surface area contributed by atoms with Gasteiger partial charge in [0.05, 0.1) is 28.1 Å². The van der Waals surface area contributed by atoms with E-state index in [-0.39, 0.29) is 5.60 Å². The lowest BCUT2D eigenvalue weighted by Gasteiger charge is -2.33. The van der Waals surface area contributed by atoms with Gasteiger partial charge in [-0.25, -0.2) is 15.0 Å². The Bertz CT molecular complexity index is 1200. The van der Waals surface area contributed by atoms with Crippen LogP contribution in [0.3, 0.4) is 0 Å². The molecule has 0 N–H and O–H groups in total. The van der Waals surface area contributed by atoms with Crippen molar-refractivity contribution >= 4 is 43.5 Å². The molecule has 0 unspecified atom stereocenters. The van der Waals surface area contributed by atoms with E-state index in [0.717, 1.165) is 49.9 Å². The molecule has 0 aliphatic carbocycles. The molecule has 4 heterocycles. The van der Waals surface area contributed by atoms with Crippen molar-refractivity contribution in [2.75, 3.05) is 5.75 Å². The standard InChI is InChI=1S/C23H23N3OS2/c1-4-10-28-22-20-19(24-13-25-22)17-15-11-23(2,3)27-12-16(15)18(26-21(17)29-20)14-8-6-5-7-9-14/h5-9,13H,4,10-12H2,1-3H3. The summed E-state index contributed by atoms with van der Waals surface area (Å²) < 4.78 is 7.35. The third-order valence-corrected chi connectivity index (χ3v) is 7.69. The lowest BCUT2D eigenvalue weighted by molar-refractivity contribution is -0.0394. The van der Waals surface area contributed by atoms with Crippen molar-refractivity contribution in [1.82, 2.24) is 15.0 Å². The first-order valence-electron chi connectivity index (χ1n) is 9.98. The maximum atomic E-state index is 6.19. The number of ether oxygens (including phenoxy) is 1. The number of benzene rings is 1. The number of thiophene rings is 1. The fourth-order valence-corrected chi connectivity index (χ4v) is 6.01. The van der Waals surface area contributed by atoms with Crippen LogP contribution in [0.2, 0.25) is 0 Å². The van der Waals surface area contributed by atoms with Gasteiger partial charge >= 0.3 is 0 Å². The highest BCUT2D eigenvalue weighted by Gasteiger charge is 2.32. The monoisotopic (exact) mass is 421 g/mol. The van der Waals surface area contributed by atoms with Gasteiger partial charge in [0, 0.05) is 22.9 Å². The van der Waals surface area contributed by atoms with Gasteiger partial charge in [-0.2, -0.15) is 0 Å². The average molecular weight is 422 g/mol. The van der Waals surface area contributed by atoms with Crippen LogP contribution < -0.4 is 0 Å². The molecule has 0 saturated heterocycles. The van der Waals surface area contributed by atoms with E-state index >= 15 is 0 Å². The Kier molecular flexibility index (Phi) is 4.81. The predicted molar refractivity (Wildman–Crippen MR) is 122 cm³/mol. The number of hydrogen-bond donors (Lipinski definition) is 0. The zero-order chi connectivity index (χ0) is 20.0. The molecule has 6 heteroatoms. The molecule has 0 atom stereocenters. The van der Waals surface area contributed by atoms with Crippen LogP contribution in [0.25, 0.3) is 31.7 Å². The molecule has 29 heavy (non-hydrogen) atoms. The van der Waals surface area contributed by atoms with E-state index < -0.39 is 0 Å². The summed E-state index contributed by atoms with van der Waals surface area (Å²) in [4.78, 5) is 15.4. The third-order valence-electron chi connectivity index (χ3n) is 5.29. The second kappa shape index (κ2) is 7.35. The van der Waals surface area contributed by atoms with Crippen LogP contribution in [0.15, 0.2) is 41.7 Å². The molecule has 0 spiro atoms. The Hall–Kier alpha value is -2.02. The first-order chi connectivity index (χ1) is 14.1. The number of thioether (sulfide) groups is 1. The summed E-state index contributed by atoms with van der Waals surface area (Å²) >= 11 is 3.53. The highest BCUT2D eigenvalue weighted by atomic mass is 32.2. The first-order valence-corrected chi connectivity index (χ1v) is 11.8. The molecule has 1 aliphatic rings. The minimum atomic E-state index is -0.198. The van der Waals surface area contributed by atoms with Crippen molar-refractivity contribution in [3.05, 3.63) is 47.8 Å². The van der Waals surface area contributed by atoms with Crippen molar-refractivity contribution < 1.29 is 4.74 Å². The van der Waals surface area contributed by atoms with Crippen molar-refractivity contribution in [2.45, 2.75) is 50.8 Å². The fraction of sp³-hybridized carbons (Fsp3) is 0.348. The fourth-order valence-electron chi connectivity index (χ4n) is 3.92. The molecule has 0 fully saturated rings. The molecule has 0 saturated carbocycles. The SMILES string of the molecule is CCCSc1ncnc2c1sc1nc(-c3ccccc3)c3c(c12)CC(C)(C)OC3. The molecule has 1 aromatic carbocycles. The number of aromatic nitrogens is 3. The maximum Gasteiger partial charge on any atom is 0.127 e. The van der Waals surface area contributed by atoms with Gasteiger partial charge in [-0.1, -0.05) is 37.3 Å². The lowest BCUT2D eigenvalue weighted by Crippen LogP contribution is -2.32. The summed E-state index contributed by atoms with van der Waals surface area (Å²) in [6.45, 7) is 7.10. The number of pyridine rings is 1. The number of nitrogens with zero attached hydrogens (tertiary/aromatic N) is 3. The molecular weight excluding hydrogens is 398 g/mol. The molecule has 1 aliphatic heterocycles. The van der Waals surface area contributed by atoms with E-state index in [0.29, 0.717) is 6.61 Å². The maximum absolute atomic E-state index is 6.19. The molecule has 0 amide bonds. The van der Waals surface area contributed by atoms with Crippen molar-refractivity contribution in [2.24, 2.45) is 0 Å². The summed E-state index contributed by atoms with van der Waals surface area (Å²) in [6.07, 6.45) is 3.68. The predicted octanol–water partition coefficient (Wildman–Crippen LogP) is 6.26. The number of fused-ring (bicyclic) bond motifs is 5. The largest absolute Gasteiger partial charge is 0.370 e. The van der Waals surface area contributed by atoms with E-state index in [2.05, 4.69) is 50.0 Å². The highest BCUT2D eigenvalue weighted by molar-refractivity contribution is 7.99. The van der Waals surface area contributed by atoms with Crippen LogP contribution in [0.4, 0.5) is 0 Å². The first kappa shape index (κ1) is 19.0. The van der Waals surface area contributed by atoms with Gasteiger partial charge in [0.2, 0.25) is 0 Å². The topological polar surface area (TPSA) is 47.9 Å². The summed E-state index contributed by atoms with van der Waals surface area (Å²) in [5.74, 6) is 1.06. The Morgan fingerprint density at radius 2 is 1.97 bits per heavy atom. The average Bonchev–Trinajstić information content (AvgIpc) is 3.11. The second-order valence-corrected chi connectivity index (χ2v) is 10.1. The Morgan fingerprint density at radius 3 is 2.76 bits per heavy atom. The van der Waals surface area contributed by atoms with E-state index in [4.69, 9.17) is 14.7 Å². The van der Waals surface area contributed by atoms with Gasteiger partial charge in [0.15, 0.2) is 0 Å². The summed E-state index contributed by atoms with van der Waals surface area (Å²) in [5, 5.41) is 2.26. The molecule has 4 aromatic rings. The molecule has 3 aromatic heterocycles. The minimum absolute atomic E-state index is 0.198. The molecular formula is C23H23N3OS2. The van der Waals surface area contributed by atoms with Crippen molar-refractivity contribution in [3.8, 4) is 11.3 Å². The van der Waals surface area contributed by atoms with Gasteiger partial charge < -0.3 is 4.74 Å². The van der Waals surface area contributed by atoms with Crippen molar-refractivity contribution in [3.63, 3.8) is 0 Å². The minimum Gasteiger partial charge on any atom is -0.370 e. The molecule has 4 nitrogen and oxygen atoms in total. The molecule has 148 valence electrons. The van der Waals surface area contributed by atoms with E-state index in [1.165, 1.54) is 16.5 Å². The Morgan fingerprint density at radius 1 is 1.14 bits per heavy atom. The number of rotatable bonds is 4. The zero-order valence-corrected chi connectivity index (χ0v) is 18.5. The van der Waals surface area contributed by atoms with Crippen LogP contribution in [0, 0.1) is 0 Å². The Balaban J connectivity index is 1.83. The van der Waals surface area contributed by atoms with Gasteiger partial charge in [-0.3, -0.25) is 0 Å². The van der Waals surface area contributed by atoms with Crippen molar-refractivity contribution in [1.29, 1.82) is 0 Å². The second-order valence-electron chi connectivity index (χ2n) is 8.00. The van der Waals surface area contributed by atoms with Crippen LogP contribution in [0.1, 0.15) is 38.3 Å². The van der Waals surface area contributed by atoms with Gasteiger partial charge in [0.25, 0.3) is 0 Å². The zero-order valence-electron chi connectivity index (χ0n) is 16.9. The summed E-state index contributed by atoms with van der Waals surface area (Å²) in [5.41, 5.74) is 5.55. The molecule has 0 bridgehead atoms. The van der Waals surface area contributed by atoms with Crippen LogP contribution in [-0.4, -0.2) is 26.3 Å². The van der Waals surface area contributed by atoms with E-state index in [1.54, 1.807) is 17.7 Å². The lowest BCUT2D eigenvalue weighted by atomic mass is 9.88. The smallest absolute Gasteiger partial charge is 0.127 e. The van der Waals surface area contributed by atoms with Gasteiger partial charge in [0.1, 0.15) is 16.2 Å². The summed E-state index contributed by atoms with van der Waals surface area (Å²) in [6, 6.07) is 10.4. The quantitative estimate of drug-likeness (QED) is 0.287. The Labute approximate surface area is 178 Å². The van der Waals surface area contributed by atoms with E-state index in [9.17, 15) is 0 Å². The highest BCUT2D eigenvalue weighted by Crippen LogP contribution is 2.44. The number of hydrogen-bond acceptors (Lipinski definition) is 6.